The minimum absolute atomic E-state index is 0.0159. The third-order valence-corrected chi connectivity index (χ3v) is 5.69. The summed E-state index contributed by atoms with van der Waals surface area (Å²) in [5, 5.41) is 17.4. The van der Waals surface area contributed by atoms with Crippen LogP contribution in [0.4, 0.5) is 0 Å². The van der Waals surface area contributed by atoms with Crippen molar-refractivity contribution in [2.45, 2.75) is 25.6 Å². The highest BCUT2D eigenvalue weighted by Gasteiger charge is 2.41. The summed E-state index contributed by atoms with van der Waals surface area (Å²) in [6.45, 7) is 2.59. The van der Waals surface area contributed by atoms with Gasteiger partial charge in [0, 0.05) is 23.1 Å². The van der Waals surface area contributed by atoms with Gasteiger partial charge in [-0.1, -0.05) is 18.2 Å². The summed E-state index contributed by atoms with van der Waals surface area (Å²) in [4.78, 5) is 0. The third kappa shape index (κ3) is 3.44. The number of ether oxygens (including phenoxy) is 3. The Hall–Kier alpha value is -3.67. The molecule has 2 unspecified atom stereocenters. The van der Waals surface area contributed by atoms with Crippen LogP contribution in [0.1, 0.15) is 42.3 Å². The molecule has 0 aromatic heterocycles. The maximum atomic E-state index is 10.5. The number of rotatable bonds is 5. The molecule has 3 aromatic rings. The predicted molar refractivity (Wildman–Crippen MR) is 118 cm³/mol. The van der Waals surface area contributed by atoms with Gasteiger partial charge in [-0.15, -0.1) is 0 Å². The van der Waals surface area contributed by atoms with Gasteiger partial charge in [0.15, 0.2) is 0 Å². The fraction of sp³-hybridized carbons (Fsp3) is 0.240. The van der Waals surface area contributed by atoms with Crippen LogP contribution in [0, 0.1) is 0 Å². The Bertz CT molecular complexity index is 1130. The zero-order chi connectivity index (χ0) is 21.4. The molecule has 2 aliphatic rings. The van der Waals surface area contributed by atoms with Crippen molar-refractivity contribution in [1.29, 1.82) is 0 Å². The number of aromatic hydroxyl groups is 1. The molecule has 0 radical (unpaired) electrons. The summed E-state index contributed by atoms with van der Waals surface area (Å²) in [6, 6.07) is 21.2. The highest BCUT2D eigenvalue weighted by Crippen LogP contribution is 2.48. The Balaban J connectivity index is 1.56. The van der Waals surface area contributed by atoms with Crippen LogP contribution in [0.5, 0.6) is 23.0 Å². The lowest BCUT2D eigenvalue weighted by atomic mass is 9.95. The number of hydrogen-bond donors (Lipinski definition) is 1. The number of benzene rings is 3. The van der Waals surface area contributed by atoms with Gasteiger partial charge in [0.25, 0.3) is 0 Å². The molecular formula is C25H24N2O4. The van der Waals surface area contributed by atoms with E-state index in [1.807, 2.05) is 60.5 Å². The Labute approximate surface area is 181 Å². The quantitative estimate of drug-likeness (QED) is 0.631. The van der Waals surface area contributed by atoms with Crippen LogP contribution in [0.2, 0.25) is 0 Å². The first-order valence-electron chi connectivity index (χ1n) is 10.4. The number of hydrogen-bond acceptors (Lipinski definition) is 6. The van der Waals surface area contributed by atoms with Crippen LogP contribution in [0.25, 0.3) is 0 Å². The Morgan fingerprint density at radius 2 is 1.84 bits per heavy atom. The summed E-state index contributed by atoms with van der Waals surface area (Å²) in [7, 11) is 1.61. The number of nitrogens with zero attached hydrogens (tertiary/aromatic N) is 2. The average molecular weight is 416 g/mol. The minimum atomic E-state index is -0.374. The zero-order valence-electron chi connectivity index (χ0n) is 17.5. The molecule has 2 atom stereocenters. The molecule has 2 heterocycles. The second kappa shape index (κ2) is 7.87. The van der Waals surface area contributed by atoms with E-state index in [9.17, 15) is 5.11 Å². The number of hydrazone groups is 1. The van der Waals surface area contributed by atoms with Gasteiger partial charge in [0.05, 0.1) is 25.5 Å². The first-order chi connectivity index (χ1) is 15.2. The van der Waals surface area contributed by atoms with Crippen molar-refractivity contribution in [2.24, 2.45) is 5.10 Å². The monoisotopic (exact) mass is 416 g/mol. The molecule has 0 amide bonds. The molecule has 31 heavy (non-hydrogen) atoms. The van der Waals surface area contributed by atoms with E-state index in [-0.39, 0.29) is 18.0 Å². The van der Waals surface area contributed by atoms with Crippen molar-refractivity contribution in [3.8, 4) is 23.0 Å². The van der Waals surface area contributed by atoms with Crippen molar-refractivity contribution in [2.75, 3.05) is 13.7 Å². The number of phenols is 1. The number of para-hydroxylation sites is 1. The summed E-state index contributed by atoms with van der Waals surface area (Å²) in [5.41, 5.74) is 3.56. The maximum absolute atomic E-state index is 10.5. The first kappa shape index (κ1) is 19.3. The fourth-order valence-electron chi connectivity index (χ4n) is 4.19. The van der Waals surface area contributed by atoms with Crippen molar-refractivity contribution in [1.82, 2.24) is 5.01 Å². The molecule has 6 heteroatoms. The molecular weight excluding hydrogens is 392 g/mol. The second-order valence-corrected chi connectivity index (χ2v) is 7.54. The standard InChI is InChI=1S/C25H24N2O4/c1-3-30-17-10-8-16(9-11-17)25-27-22(19-6-4-5-7-24(19)31-25)15-21(26-27)20-14-18(29-2)12-13-23(20)28/h4-14,22,25,28H,3,15H2,1-2H3. The first-order valence-corrected chi connectivity index (χ1v) is 10.4. The zero-order valence-corrected chi connectivity index (χ0v) is 17.5. The Kier molecular flexibility index (Phi) is 4.90. The molecule has 0 saturated carbocycles. The van der Waals surface area contributed by atoms with E-state index in [0.29, 0.717) is 24.3 Å². The van der Waals surface area contributed by atoms with Crippen molar-refractivity contribution >= 4 is 5.71 Å². The highest BCUT2D eigenvalue weighted by molar-refractivity contribution is 6.04. The number of methoxy groups -OCH3 is 1. The minimum Gasteiger partial charge on any atom is -0.507 e. The van der Waals surface area contributed by atoms with E-state index in [4.69, 9.17) is 19.3 Å². The van der Waals surface area contributed by atoms with Gasteiger partial charge >= 0.3 is 0 Å². The van der Waals surface area contributed by atoms with Crippen LogP contribution in [-0.4, -0.2) is 29.5 Å². The molecule has 6 nitrogen and oxygen atoms in total. The average Bonchev–Trinajstić information content (AvgIpc) is 3.25. The van der Waals surface area contributed by atoms with Gasteiger partial charge in [0.2, 0.25) is 6.23 Å². The van der Waals surface area contributed by atoms with Gasteiger partial charge in [0.1, 0.15) is 23.0 Å². The van der Waals surface area contributed by atoms with E-state index in [0.717, 1.165) is 28.3 Å². The van der Waals surface area contributed by atoms with Crippen molar-refractivity contribution in [3.63, 3.8) is 0 Å². The van der Waals surface area contributed by atoms with E-state index in [2.05, 4.69) is 6.07 Å². The van der Waals surface area contributed by atoms with Crippen LogP contribution >= 0.6 is 0 Å². The summed E-state index contributed by atoms with van der Waals surface area (Å²) >= 11 is 0. The van der Waals surface area contributed by atoms with E-state index in [1.54, 1.807) is 19.2 Å². The van der Waals surface area contributed by atoms with Crippen LogP contribution in [0.15, 0.2) is 71.8 Å². The lowest BCUT2D eigenvalue weighted by molar-refractivity contribution is -0.0190. The lowest BCUT2D eigenvalue weighted by Crippen LogP contribution is -2.33. The van der Waals surface area contributed by atoms with Gasteiger partial charge in [-0.25, -0.2) is 5.01 Å². The summed E-state index contributed by atoms with van der Waals surface area (Å²) < 4.78 is 17.3. The lowest BCUT2D eigenvalue weighted by Gasteiger charge is -2.38. The SMILES string of the molecule is CCOc1ccc(C2Oc3ccccc3C3CC(c4cc(OC)ccc4O)=NN32)cc1. The highest BCUT2D eigenvalue weighted by atomic mass is 16.5. The number of fused-ring (bicyclic) bond motifs is 3. The van der Waals surface area contributed by atoms with Gasteiger partial charge in [-0.3, -0.25) is 0 Å². The largest absolute Gasteiger partial charge is 0.507 e. The van der Waals surface area contributed by atoms with E-state index >= 15 is 0 Å². The Morgan fingerprint density at radius 1 is 1.06 bits per heavy atom. The fourth-order valence-corrected chi connectivity index (χ4v) is 4.19. The molecule has 1 N–H and O–H groups in total. The van der Waals surface area contributed by atoms with Gasteiger partial charge in [-0.2, -0.15) is 5.10 Å². The molecule has 2 aliphatic heterocycles. The summed E-state index contributed by atoms with van der Waals surface area (Å²) in [5.74, 6) is 2.55. The predicted octanol–water partition coefficient (Wildman–Crippen LogP) is 5.04. The molecule has 0 aliphatic carbocycles. The van der Waals surface area contributed by atoms with Gasteiger partial charge in [-0.05, 0) is 55.5 Å². The molecule has 0 bridgehead atoms. The maximum Gasteiger partial charge on any atom is 0.213 e. The second-order valence-electron chi connectivity index (χ2n) is 7.54. The molecule has 0 saturated heterocycles. The van der Waals surface area contributed by atoms with Gasteiger partial charge < -0.3 is 19.3 Å². The van der Waals surface area contributed by atoms with Crippen LogP contribution < -0.4 is 14.2 Å². The van der Waals surface area contributed by atoms with Crippen LogP contribution in [-0.2, 0) is 0 Å². The third-order valence-electron chi connectivity index (χ3n) is 5.69. The normalized spacial score (nSPS) is 19.2. The van der Waals surface area contributed by atoms with Crippen molar-refractivity contribution in [3.05, 3.63) is 83.4 Å². The van der Waals surface area contributed by atoms with E-state index < -0.39 is 0 Å². The number of phenolic OH excluding ortho intramolecular Hbond substituents is 1. The molecule has 0 spiro atoms. The summed E-state index contributed by atoms with van der Waals surface area (Å²) in [6.07, 6.45) is 0.287. The Morgan fingerprint density at radius 3 is 2.61 bits per heavy atom. The topological polar surface area (TPSA) is 63.5 Å². The molecule has 0 fully saturated rings. The van der Waals surface area contributed by atoms with Crippen LogP contribution in [0.3, 0.4) is 0 Å². The molecule has 158 valence electrons. The van der Waals surface area contributed by atoms with E-state index in [1.165, 1.54) is 0 Å². The molecule has 5 rings (SSSR count). The van der Waals surface area contributed by atoms with Crippen molar-refractivity contribution < 1.29 is 19.3 Å². The molecule has 3 aromatic carbocycles. The smallest absolute Gasteiger partial charge is 0.213 e.